The van der Waals surface area contributed by atoms with E-state index in [-0.39, 0.29) is 31.8 Å². The summed E-state index contributed by atoms with van der Waals surface area (Å²) < 4.78 is 27.8. The van der Waals surface area contributed by atoms with Crippen LogP contribution in [0.25, 0.3) is 0 Å². The molecule has 34 heavy (non-hydrogen) atoms. The van der Waals surface area contributed by atoms with Crippen molar-refractivity contribution in [2.45, 2.75) is 52.7 Å². The summed E-state index contributed by atoms with van der Waals surface area (Å²) in [5.74, 6) is -0.970. The number of rotatable bonds is 14. The number of carbonyl (C=O) groups excluding carboxylic acids is 3. The molecule has 1 aromatic heterocycles. The maximum absolute atomic E-state index is 13.2. The Bertz CT molecular complexity index is 825. The Morgan fingerprint density at radius 2 is 1.88 bits per heavy atom. The molecule has 0 aliphatic carbocycles. The van der Waals surface area contributed by atoms with Gasteiger partial charge in [-0.2, -0.15) is 0 Å². The molecule has 1 aromatic rings. The monoisotopic (exact) mass is 547 g/mol. The lowest BCUT2D eigenvalue weighted by Crippen LogP contribution is -2.45. The molecule has 1 fully saturated rings. The molecule has 1 aliphatic rings. The number of hydrogen-bond donors (Lipinski definition) is 1. The molecule has 11 heteroatoms. The van der Waals surface area contributed by atoms with Gasteiger partial charge in [-0.05, 0) is 41.3 Å². The minimum Gasteiger partial charge on any atom is -0.461 e. The normalized spacial score (nSPS) is 17.7. The van der Waals surface area contributed by atoms with Gasteiger partial charge in [-0.1, -0.05) is 13.8 Å². The van der Waals surface area contributed by atoms with Gasteiger partial charge in [-0.25, -0.2) is 9.69 Å². The van der Waals surface area contributed by atoms with Gasteiger partial charge in [0.15, 0.2) is 6.10 Å². The minimum atomic E-state index is -1.00. The first kappa shape index (κ1) is 28.3. The smallest absolute Gasteiger partial charge is 0.416 e. The first-order valence-electron chi connectivity index (χ1n) is 11.4. The number of imide groups is 1. The largest absolute Gasteiger partial charge is 0.461 e. The van der Waals surface area contributed by atoms with Crippen LogP contribution in [0, 0.1) is 11.8 Å². The molecule has 2 heterocycles. The van der Waals surface area contributed by atoms with Gasteiger partial charge in [0.25, 0.3) is 0 Å². The average Bonchev–Trinajstić information content (AvgIpc) is 3.35. The van der Waals surface area contributed by atoms with Gasteiger partial charge in [0.05, 0.1) is 42.9 Å². The Hall–Kier alpha value is -1.95. The fourth-order valence-electron chi connectivity index (χ4n) is 3.57. The summed E-state index contributed by atoms with van der Waals surface area (Å²) >= 11 is 3.47. The number of carbonyl (C=O) groups is 3. The number of halogens is 1. The van der Waals surface area contributed by atoms with Gasteiger partial charge in [0.1, 0.15) is 18.1 Å². The number of aliphatic hydroxyl groups is 1. The second kappa shape index (κ2) is 13.8. The van der Waals surface area contributed by atoms with Crippen molar-refractivity contribution in [3.8, 4) is 0 Å². The molecule has 1 aliphatic heterocycles. The second-order valence-electron chi connectivity index (χ2n) is 8.39. The fourth-order valence-corrected chi connectivity index (χ4v) is 4.08. The second-order valence-corrected chi connectivity index (χ2v) is 9.24. The van der Waals surface area contributed by atoms with E-state index in [0.717, 1.165) is 4.90 Å². The van der Waals surface area contributed by atoms with Gasteiger partial charge in [0, 0.05) is 20.0 Å². The minimum absolute atomic E-state index is 0.0163. The van der Waals surface area contributed by atoms with Crippen LogP contribution in [0.1, 0.15) is 51.7 Å². The Morgan fingerprint density at radius 1 is 1.21 bits per heavy atom. The molecule has 3 atom stereocenters. The molecule has 1 saturated heterocycles. The topological polar surface area (TPSA) is 125 Å². The molecule has 1 N–H and O–H groups in total. The molecule has 0 unspecified atom stereocenters. The summed E-state index contributed by atoms with van der Waals surface area (Å²) in [6.45, 7) is 8.39. The van der Waals surface area contributed by atoms with Gasteiger partial charge in [-0.3, -0.25) is 9.59 Å². The van der Waals surface area contributed by atoms with Gasteiger partial charge >= 0.3 is 12.1 Å². The summed E-state index contributed by atoms with van der Waals surface area (Å²) in [5.41, 5.74) is 0. The summed E-state index contributed by atoms with van der Waals surface area (Å²) in [5, 5.41) is 8.66. The summed E-state index contributed by atoms with van der Waals surface area (Å²) in [4.78, 5) is 38.4. The fraction of sp³-hybridized carbons (Fsp3) is 0.696. The highest BCUT2D eigenvalue weighted by molar-refractivity contribution is 9.10. The molecule has 0 saturated carbocycles. The molecule has 10 nitrogen and oxygen atoms in total. The molecular formula is C23H34BrNO9. The predicted octanol–water partition coefficient (Wildman–Crippen LogP) is 3.24. The van der Waals surface area contributed by atoms with E-state index < -0.39 is 30.0 Å². The van der Waals surface area contributed by atoms with E-state index in [1.54, 1.807) is 13.0 Å². The highest BCUT2D eigenvalue weighted by Crippen LogP contribution is 2.35. The predicted molar refractivity (Wildman–Crippen MR) is 124 cm³/mol. The number of esters is 1. The molecule has 0 aromatic carbocycles. The van der Waals surface area contributed by atoms with E-state index >= 15 is 0 Å². The maximum atomic E-state index is 13.2. The summed E-state index contributed by atoms with van der Waals surface area (Å²) in [6.07, 6.45) is -0.467. The number of ether oxygens (including phenoxy) is 4. The molecule has 2 rings (SSSR count). The van der Waals surface area contributed by atoms with Crippen LogP contribution < -0.4 is 0 Å². The Balaban J connectivity index is 2.05. The van der Waals surface area contributed by atoms with Crippen LogP contribution in [-0.2, 0) is 35.0 Å². The van der Waals surface area contributed by atoms with E-state index in [2.05, 4.69) is 15.9 Å². The third kappa shape index (κ3) is 7.79. The van der Waals surface area contributed by atoms with Crippen LogP contribution in [0.15, 0.2) is 15.0 Å². The number of amides is 2. The van der Waals surface area contributed by atoms with Crippen LogP contribution in [-0.4, -0.2) is 73.7 Å². The van der Waals surface area contributed by atoms with Crippen molar-refractivity contribution in [1.29, 1.82) is 0 Å². The highest BCUT2D eigenvalue weighted by atomic mass is 79.9. The highest BCUT2D eigenvalue weighted by Gasteiger charge is 2.44. The Morgan fingerprint density at radius 3 is 2.50 bits per heavy atom. The molecule has 192 valence electrons. The standard InChI is InChI=1S/C23H34BrNO9/c1-14(2)18-13-32-23(29)25(18)22(28)15(3)21(33-16(4)27)20-12-17(24)19(34-20)6-5-8-30-10-11-31-9-7-26/h12,14-15,18,21,26H,5-11,13H2,1-4H3/t15-,18+,21-/m0/s1. The lowest BCUT2D eigenvalue weighted by molar-refractivity contribution is -0.155. The van der Waals surface area contributed by atoms with Crippen LogP contribution in [0.3, 0.4) is 0 Å². The maximum Gasteiger partial charge on any atom is 0.416 e. The summed E-state index contributed by atoms with van der Waals surface area (Å²) in [6, 6.07) is 1.30. The zero-order valence-electron chi connectivity index (χ0n) is 20.1. The van der Waals surface area contributed by atoms with E-state index in [0.29, 0.717) is 48.7 Å². The number of hydrogen-bond acceptors (Lipinski definition) is 9. The first-order valence-corrected chi connectivity index (χ1v) is 12.2. The van der Waals surface area contributed by atoms with E-state index in [1.165, 1.54) is 6.92 Å². The third-order valence-corrected chi connectivity index (χ3v) is 6.08. The number of aryl methyl sites for hydroxylation is 1. The van der Waals surface area contributed by atoms with E-state index in [1.807, 2.05) is 13.8 Å². The van der Waals surface area contributed by atoms with Crippen LogP contribution >= 0.6 is 15.9 Å². The molecule has 2 amide bonds. The van der Waals surface area contributed by atoms with E-state index in [9.17, 15) is 14.4 Å². The number of aliphatic hydroxyl groups excluding tert-OH is 1. The average molecular weight is 548 g/mol. The van der Waals surface area contributed by atoms with Gasteiger partial charge in [0.2, 0.25) is 5.91 Å². The number of cyclic esters (lactones) is 1. The van der Waals surface area contributed by atoms with Crippen LogP contribution in [0.2, 0.25) is 0 Å². The Kier molecular flexibility index (Phi) is 11.5. The van der Waals surface area contributed by atoms with Crippen molar-refractivity contribution >= 4 is 33.9 Å². The Labute approximate surface area is 208 Å². The van der Waals surface area contributed by atoms with Crippen LogP contribution in [0.5, 0.6) is 0 Å². The lowest BCUT2D eigenvalue weighted by Gasteiger charge is -2.28. The lowest BCUT2D eigenvalue weighted by atomic mass is 9.98. The molecule has 0 radical (unpaired) electrons. The molecular weight excluding hydrogens is 514 g/mol. The van der Waals surface area contributed by atoms with Crippen molar-refractivity contribution in [1.82, 2.24) is 4.90 Å². The van der Waals surface area contributed by atoms with Crippen LogP contribution in [0.4, 0.5) is 4.79 Å². The SMILES string of the molecule is CC(=O)O[C@H](c1cc(Br)c(CCCOCCOCCO)o1)[C@H](C)C(=O)N1C(=O)OC[C@@H]1C(C)C. The van der Waals surface area contributed by atoms with E-state index in [4.69, 9.17) is 28.5 Å². The van der Waals surface area contributed by atoms with Crippen molar-refractivity contribution < 1.29 is 42.9 Å². The zero-order valence-corrected chi connectivity index (χ0v) is 21.7. The molecule has 0 spiro atoms. The van der Waals surface area contributed by atoms with Crippen molar-refractivity contribution in [2.24, 2.45) is 11.8 Å². The summed E-state index contributed by atoms with van der Waals surface area (Å²) in [7, 11) is 0. The van der Waals surface area contributed by atoms with Crippen molar-refractivity contribution in [3.05, 3.63) is 22.1 Å². The third-order valence-electron chi connectivity index (χ3n) is 5.41. The van der Waals surface area contributed by atoms with Crippen molar-refractivity contribution in [3.63, 3.8) is 0 Å². The number of nitrogens with zero attached hydrogens (tertiary/aromatic N) is 1. The van der Waals surface area contributed by atoms with Crippen molar-refractivity contribution in [2.75, 3.05) is 39.6 Å². The quantitative estimate of drug-likeness (QED) is 0.276. The first-order chi connectivity index (χ1) is 16.2. The van der Waals surface area contributed by atoms with Gasteiger partial charge in [-0.15, -0.1) is 0 Å². The molecule has 0 bridgehead atoms. The zero-order chi connectivity index (χ0) is 25.3. The van der Waals surface area contributed by atoms with Gasteiger partial charge < -0.3 is 28.5 Å². The number of furan rings is 1.